The SMILES string of the molecule is CSC(CO)C(C)NC(C)c1nc2c(s1)CCCC2. The van der Waals surface area contributed by atoms with Crippen molar-refractivity contribution in [3.05, 3.63) is 15.6 Å². The third-order valence-electron chi connectivity index (χ3n) is 3.79. The lowest BCUT2D eigenvalue weighted by molar-refractivity contribution is 0.271. The van der Waals surface area contributed by atoms with E-state index in [1.807, 2.05) is 17.6 Å². The molecule has 0 bridgehead atoms. The second-order valence-corrected chi connectivity index (χ2v) is 7.45. The summed E-state index contributed by atoms with van der Waals surface area (Å²) in [6, 6.07) is 0.558. The summed E-state index contributed by atoms with van der Waals surface area (Å²) in [5.74, 6) is 0. The molecule has 0 saturated heterocycles. The first kappa shape index (κ1) is 15.3. The van der Waals surface area contributed by atoms with E-state index in [0.29, 0.717) is 0 Å². The fourth-order valence-corrected chi connectivity index (χ4v) is 4.37. The van der Waals surface area contributed by atoms with Crippen LogP contribution in [-0.4, -0.2) is 34.2 Å². The Morgan fingerprint density at radius 3 is 2.74 bits per heavy atom. The standard InChI is InChI=1S/C14H24N2OS2/c1-9(13(8-17)18-3)15-10(2)14-16-11-6-4-5-7-12(11)19-14/h9-10,13,15,17H,4-8H2,1-3H3. The molecule has 2 N–H and O–H groups in total. The maximum Gasteiger partial charge on any atom is 0.110 e. The number of thiazole rings is 1. The summed E-state index contributed by atoms with van der Waals surface area (Å²) in [7, 11) is 0. The number of thioether (sulfide) groups is 1. The average Bonchev–Trinajstić information content (AvgIpc) is 2.84. The molecule has 108 valence electrons. The van der Waals surface area contributed by atoms with Crippen LogP contribution in [0.3, 0.4) is 0 Å². The number of aromatic nitrogens is 1. The van der Waals surface area contributed by atoms with Gasteiger partial charge in [0, 0.05) is 16.2 Å². The highest BCUT2D eigenvalue weighted by molar-refractivity contribution is 7.99. The molecule has 1 aromatic heterocycles. The van der Waals surface area contributed by atoms with Crippen molar-refractivity contribution < 1.29 is 5.11 Å². The predicted molar refractivity (Wildman–Crippen MR) is 84.2 cm³/mol. The molecule has 1 aliphatic rings. The van der Waals surface area contributed by atoms with Gasteiger partial charge in [0.1, 0.15) is 5.01 Å². The van der Waals surface area contributed by atoms with Crippen LogP contribution in [0.2, 0.25) is 0 Å². The topological polar surface area (TPSA) is 45.1 Å². The van der Waals surface area contributed by atoms with E-state index in [1.165, 1.54) is 34.8 Å². The Labute approximate surface area is 124 Å². The van der Waals surface area contributed by atoms with Crippen molar-refractivity contribution in [1.82, 2.24) is 10.3 Å². The number of rotatable bonds is 6. The molecule has 0 aliphatic heterocycles. The molecular formula is C14H24N2OS2. The Morgan fingerprint density at radius 1 is 1.37 bits per heavy atom. The number of hydrogen-bond acceptors (Lipinski definition) is 5. The first-order valence-corrected chi connectivity index (χ1v) is 9.14. The number of nitrogens with zero attached hydrogens (tertiary/aromatic N) is 1. The second-order valence-electron chi connectivity index (χ2n) is 5.26. The van der Waals surface area contributed by atoms with Gasteiger partial charge in [-0.3, -0.25) is 0 Å². The van der Waals surface area contributed by atoms with Crippen LogP contribution in [0.15, 0.2) is 0 Å². The molecule has 19 heavy (non-hydrogen) atoms. The van der Waals surface area contributed by atoms with Gasteiger partial charge in [-0.2, -0.15) is 11.8 Å². The summed E-state index contributed by atoms with van der Waals surface area (Å²) in [5, 5.41) is 14.4. The zero-order valence-corrected chi connectivity index (χ0v) is 13.6. The van der Waals surface area contributed by atoms with Crippen molar-refractivity contribution in [1.29, 1.82) is 0 Å². The van der Waals surface area contributed by atoms with Gasteiger partial charge >= 0.3 is 0 Å². The van der Waals surface area contributed by atoms with Gasteiger partial charge in [0.25, 0.3) is 0 Å². The molecule has 0 amide bonds. The minimum atomic E-state index is 0.219. The molecule has 1 heterocycles. The molecule has 2 rings (SSSR count). The summed E-state index contributed by atoms with van der Waals surface area (Å²) in [6.07, 6.45) is 7.00. The van der Waals surface area contributed by atoms with Crippen molar-refractivity contribution in [2.45, 2.75) is 56.9 Å². The molecule has 3 atom stereocenters. The largest absolute Gasteiger partial charge is 0.395 e. The van der Waals surface area contributed by atoms with Gasteiger partial charge in [-0.1, -0.05) is 0 Å². The van der Waals surface area contributed by atoms with E-state index in [0.717, 1.165) is 6.42 Å². The van der Waals surface area contributed by atoms with Crippen LogP contribution in [0.5, 0.6) is 0 Å². The first-order valence-electron chi connectivity index (χ1n) is 7.04. The van der Waals surface area contributed by atoms with Crippen LogP contribution < -0.4 is 5.32 Å². The molecule has 1 aliphatic carbocycles. The Kier molecular flexibility index (Phi) is 5.69. The minimum absolute atomic E-state index is 0.219. The molecule has 0 fully saturated rings. The van der Waals surface area contributed by atoms with Gasteiger partial charge in [-0.15, -0.1) is 11.3 Å². The lowest BCUT2D eigenvalue weighted by Crippen LogP contribution is -2.38. The van der Waals surface area contributed by atoms with E-state index < -0.39 is 0 Å². The summed E-state index contributed by atoms with van der Waals surface area (Å²) >= 11 is 3.58. The van der Waals surface area contributed by atoms with Gasteiger partial charge < -0.3 is 10.4 Å². The van der Waals surface area contributed by atoms with Crippen molar-refractivity contribution >= 4 is 23.1 Å². The number of hydrogen-bond donors (Lipinski definition) is 2. The molecule has 0 saturated carbocycles. The van der Waals surface area contributed by atoms with Crippen LogP contribution >= 0.6 is 23.1 Å². The minimum Gasteiger partial charge on any atom is -0.395 e. The van der Waals surface area contributed by atoms with E-state index >= 15 is 0 Å². The van der Waals surface area contributed by atoms with Gasteiger partial charge in [0.05, 0.1) is 18.3 Å². The third-order valence-corrected chi connectivity index (χ3v) is 6.29. The molecule has 5 heteroatoms. The Morgan fingerprint density at radius 2 is 2.11 bits per heavy atom. The van der Waals surface area contributed by atoms with Crippen LogP contribution in [0, 0.1) is 0 Å². The summed E-state index contributed by atoms with van der Waals surface area (Å²) in [6.45, 7) is 4.54. The lowest BCUT2D eigenvalue weighted by Gasteiger charge is -2.24. The van der Waals surface area contributed by atoms with E-state index in [9.17, 15) is 5.11 Å². The average molecular weight is 300 g/mol. The van der Waals surface area contributed by atoms with Crippen LogP contribution in [0.25, 0.3) is 0 Å². The van der Waals surface area contributed by atoms with Crippen LogP contribution in [-0.2, 0) is 12.8 Å². The van der Waals surface area contributed by atoms with E-state index in [1.54, 1.807) is 11.8 Å². The summed E-state index contributed by atoms with van der Waals surface area (Å²) in [4.78, 5) is 6.29. The summed E-state index contributed by atoms with van der Waals surface area (Å²) < 4.78 is 0. The van der Waals surface area contributed by atoms with Gasteiger partial charge in [0.15, 0.2) is 0 Å². The van der Waals surface area contributed by atoms with Gasteiger partial charge in [-0.25, -0.2) is 4.98 Å². The van der Waals surface area contributed by atoms with Crippen molar-refractivity contribution in [2.75, 3.05) is 12.9 Å². The highest BCUT2D eigenvalue weighted by atomic mass is 32.2. The molecule has 3 nitrogen and oxygen atoms in total. The lowest BCUT2D eigenvalue weighted by atomic mass is 10.0. The zero-order valence-electron chi connectivity index (χ0n) is 12.0. The molecule has 1 aromatic rings. The second kappa shape index (κ2) is 7.07. The number of fused-ring (bicyclic) bond motifs is 1. The Hall–Kier alpha value is -0.100. The van der Waals surface area contributed by atoms with Gasteiger partial charge in [0.2, 0.25) is 0 Å². The number of aliphatic hydroxyl groups excluding tert-OH is 1. The quantitative estimate of drug-likeness (QED) is 0.848. The third kappa shape index (κ3) is 3.72. The van der Waals surface area contributed by atoms with Crippen molar-refractivity contribution in [2.24, 2.45) is 0 Å². The first-order chi connectivity index (χ1) is 9.15. The molecular weight excluding hydrogens is 276 g/mol. The molecule has 0 spiro atoms. The van der Waals surface area contributed by atoms with E-state index in [4.69, 9.17) is 4.98 Å². The fourth-order valence-electron chi connectivity index (χ4n) is 2.57. The van der Waals surface area contributed by atoms with E-state index in [-0.39, 0.29) is 23.9 Å². The molecule has 0 aromatic carbocycles. The number of nitrogens with one attached hydrogen (secondary N) is 1. The number of aryl methyl sites for hydroxylation is 2. The van der Waals surface area contributed by atoms with E-state index in [2.05, 4.69) is 19.2 Å². The van der Waals surface area contributed by atoms with Crippen molar-refractivity contribution in [3.63, 3.8) is 0 Å². The maximum absolute atomic E-state index is 9.34. The van der Waals surface area contributed by atoms with Crippen molar-refractivity contribution in [3.8, 4) is 0 Å². The fraction of sp³-hybridized carbons (Fsp3) is 0.786. The predicted octanol–water partition coefficient (Wildman–Crippen LogP) is 2.78. The Balaban J connectivity index is 1.99. The van der Waals surface area contributed by atoms with Gasteiger partial charge in [-0.05, 0) is 45.8 Å². The normalized spacial score (nSPS) is 19.8. The smallest absolute Gasteiger partial charge is 0.110 e. The summed E-state index contributed by atoms with van der Waals surface area (Å²) in [5.41, 5.74) is 1.33. The maximum atomic E-state index is 9.34. The Bertz CT molecular complexity index is 381. The highest BCUT2D eigenvalue weighted by Gasteiger charge is 2.22. The molecule has 3 unspecified atom stereocenters. The molecule has 0 radical (unpaired) electrons. The monoisotopic (exact) mass is 300 g/mol. The zero-order chi connectivity index (χ0) is 13.8. The van der Waals surface area contributed by atoms with Crippen LogP contribution in [0.1, 0.15) is 48.3 Å². The number of aliphatic hydroxyl groups is 1. The van der Waals surface area contributed by atoms with Crippen LogP contribution in [0.4, 0.5) is 0 Å². The highest BCUT2D eigenvalue weighted by Crippen LogP contribution is 2.30.